The van der Waals surface area contributed by atoms with Gasteiger partial charge >= 0.3 is 5.97 Å². The van der Waals surface area contributed by atoms with Gasteiger partial charge in [0.15, 0.2) is 0 Å². The maximum atomic E-state index is 11.8. The Morgan fingerprint density at radius 2 is 2.42 bits per heavy atom. The number of hydrogen-bond donors (Lipinski definition) is 0. The molecule has 0 spiro atoms. The number of hydrogen-bond acceptors (Lipinski definition) is 8. The monoisotopic (exact) mass is 316 g/mol. The first-order valence-corrected chi connectivity index (χ1v) is 8.54. The van der Waals surface area contributed by atoms with Gasteiger partial charge in [-0.25, -0.2) is 0 Å². The molecule has 102 valence electrons. The standard InChI is InChI=1S/C11H12N2O3S3/c1-15-10(14)9(7-3-4-18-5-7)19-11-13-12-8(16-11)6-17-2/h3-5,9H,6H2,1-2H3. The number of methoxy groups -OCH3 is 1. The predicted molar refractivity (Wildman–Crippen MR) is 76.5 cm³/mol. The summed E-state index contributed by atoms with van der Waals surface area (Å²) < 4.78 is 10.3. The number of thiophene rings is 1. The lowest BCUT2D eigenvalue weighted by Gasteiger charge is -2.09. The third kappa shape index (κ3) is 3.74. The van der Waals surface area contributed by atoms with Crippen molar-refractivity contribution in [1.29, 1.82) is 0 Å². The van der Waals surface area contributed by atoms with Gasteiger partial charge in [0.05, 0.1) is 12.9 Å². The predicted octanol–water partition coefficient (Wildman–Crippen LogP) is 3.00. The van der Waals surface area contributed by atoms with Gasteiger partial charge in [0.1, 0.15) is 5.25 Å². The number of carbonyl (C=O) groups excluding carboxylic acids is 1. The molecule has 0 aliphatic heterocycles. The van der Waals surface area contributed by atoms with E-state index in [1.807, 2.05) is 23.1 Å². The minimum absolute atomic E-state index is 0.326. The molecule has 0 radical (unpaired) electrons. The van der Waals surface area contributed by atoms with E-state index in [-0.39, 0.29) is 5.97 Å². The van der Waals surface area contributed by atoms with Crippen LogP contribution in [0.5, 0.6) is 0 Å². The number of ether oxygens (including phenoxy) is 1. The van der Waals surface area contributed by atoms with Crippen molar-refractivity contribution in [3.8, 4) is 0 Å². The second kappa shape index (κ2) is 6.97. The van der Waals surface area contributed by atoms with Gasteiger partial charge in [-0.1, -0.05) is 0 Å². The second-order valence-corrected chi connectivity index (χ2v) is 6.17. The second-order valence-electron chi connectivity index (χ2n) is 3.47. The van der Waals surface area contributed by atoms with Gasteiger partial charge in [-0.05, 0) is 40.4 Å². The van der Waals surface area contributed by atoms with E-state index in [0.29, 0.717) is 16.9 Å². The van der Waals surface area contributed by atoms with Gasteiger partial charge in [-0.3, -0.25) is 4.79 Å². The topological polar surface area (TPSA) is 65.2 Å². The van der Waals surface area contributed by atoms with Crippen LogP contribution in [0.4, 0.5) is 0 Å². The molecule has 2 aromatic heterocycles. The summed E-state index contributed by atoms with van der Waals surface area (Å²) in [7, 11) is 1.37. The van der Waals surface area contributed by atoms with Crippen molar-refractivity contribution in [2.75, 3.05) is 13.4 Å². The lowest BCUT2D eigenvalue weighted by Crippen LogP contribution is -2.10. The number of esters is 1. The first-order valence-electron chi connectivity index (χ1n) is 5.32. The van der Waals surface area contributed by atoms with Gasteiger partial charge in [-0.2, -0.15) is 23.1 Å². The van der Waals surface area contributed by atoms with Gasteiger partial charge in [0, 0.05) is 0 Å². The van der Waals surface area contributed by atoms with E-state index in [1.165, 1.54) is 30.2 Å². The highest BCUT2D eigenvalue weighted by atomic mass is 32.2. The lowest BCUT2D eigenvalue weighted by molar-refractivity contribution is -0.140. The smallest absolute Gasteiger partial charge is 0.323 e. The molecule has 0 saturated carbocycles. The normalized spacial score (nSPS) is 12.3. The molecular weight excluding hydrogens is 304 g/mol. The Hall–Kier alpha value is -0.990. The van der Waals surface area contributed by atoms with Crippen LogP contribution in [-0.2, 0) is 15.3 Å². The lowest BCUT2D eigenvalue weighted by atomic mass is 10.2. The van der Waals surface area contributed by atoms with Crippen molar-refractivity contribution < 1.29 is 13.9 Å². The zero-order valence-electron chi connectivity index (χ0n) is 10.4. The van der Waals surface area contributed by atoms with E-state index in [4.69, 9.17) is 9.15 Å². The van der Waals surface area contributed by atoms with Crippen LogP contribution in [0.3, 0.4) is 0 Å². The van der Waals surface area contributed by atoms with Crippen molar-refractivity contribution in [3.05, 3.63) is 28.3 Å². The molecule has 2 rings (SSSR count). The van der Waals surface area contributed by atoms with Crippen molar-refractivity contribution in [1.82, 2.24) is 10.2 Å². The number of aromatic nitrogens is 2. The summed E-state index contributed by atoms with van der Waals surface area (Å²) in [4.78, 5) is 11.8. The number of rotatable bonds is 6. The Labute approximate surface area is 123 Å². The van der Waals surface area contributed by atoms with Crippen LogP contribution in [-0.4, -0.2) is 29.5 Å². The van der Waals surface area contributed by atoms with Gasteiger partial charge in [-0.15, -0.1) is 10.2 Å². The van der Waals surface area contributed by atoms with Crippen LogP contribution in [0.2, 0.25) is 0 Å². The highest BCUT2D eigenvalue weighted by Gasteiger charge is 2.26. The molecule has 2 heterocycles. The molecule has 5 nitrogen and oxygen atoms in total. The molecule has 19 heavy (non-hydrogen) atoms. The minimum Gasteiger partial charge on any atom is -0.468 e. The average molecular weight is 316 g/mol. The van der Waals surface area contributed by atoms with Crippen molar-refractivity contribution in [3.63, 3.8) is 0 Å². The zero-order chi connectivity index (χ0) is 13.7. The molecule has 2 aromatic rings. The molecule has 0 aliphatic carbocycles. The van der Waals surface area contributed by atoms with E-state index in [2.05, 4.69) is 10.2 Å². The van der Waals surface area contributed by atoms with Crippen molar-refractivity contribution in [2.45, 2.75) is 16.2 Å². The fourth-order valence-corrected chi connectivity index (χ4v) is 3.40. The fourth-order valence-electron chi connectivity index (χ4n) is 1.35. The van der Waals surface area contributed by atoms with Crippen LogP contribution in [0.15, 0.2) is 26.5 Å². The van der Waals surface area contributed by atoms with Crippen LogP contribution >= 0.6 is 34.9 Å². The fraction of sp³-hybridized carbons (Fsp3) is 0.364. The molecule has 0 amide bonds. The van der Waals surface area contributed by atoms with Crippen LogP contribution < -0.4 is 0 Å². The van der Waals surface area contributed by atoms with E-state index >= 15 is 0 Å². The maximum absolute atomic E-state index is 11.8. The van der Waals surface area contributed by atoms with Gasteiger partial charge in [0.25, 0.3) is 5.22 Å². The number of carbonyl (C=O) groups is 1. The van der Waals surface area contributed by atoms with Crippen molar-refractivity contribution >= 4 is 40.8 Å². The Bertz CT molecular complexity index is 527. The zero-order valence-corrected chi connectivity index (χ0v) is 12.8. The van der Waals surface area contributed by atoms with Crippen LogP contribution in [0, 0.1) is 0 Å². The third-order valence-corrected chi connectivity index (χ3v) is 4.50. The van der Waals surface area contributed by atoms with E-state index in [9.17, 15) is 4.79 Å². The van der Waals surface area contributed by atoms with E-state index in [1.54, 1.807) is 11.8 Å². The number of nitrogens with zero attached hydrogens (tertiary/aromatic N) is 2. The molecule has 0 bridgehead atoms. The first kappa shape index (κ1) is 14.4. The highest BCUT2D eigenvalue weighted by Crippen LogP contribution is 2.36. The largest absolute Gasteiger partial charge is 0.468 e. The molecule has 0 aromatic carbocycles. The Balaban J connectivity index is 2.13. The summed E-state index contributed by atoms with van der Waals surface area (Å²) in [6, 6.07) is 1.89. The Morgan fingerprint density at radius 3 is 3.05 bits per heavy atom. The average Bonchev–Trinajstić information content (AvgIpc) is 3.06. The molecular formula is C11H12N2O3S3. The summed E-state index contributed by atoms with van der Waals surface area (Å²) in [6.07, 6.45) is 1.96. The maximum Gasteiger partial charge on any atom is 0.323 e. The van der Waals surface area contributed by atoms with Crippen molar-refractivity contribution in [2.24, 2.45) is 0 Å². The molecule has 0 aliphatic rings. The Kier molecular flexibility index (Phi) is 5.29. The minimum atomic E-state index is -0.473. The summed E-state index contributed by atoms with van der Waals surface area (Å²) in [6.45, 7) is 0. The van der Waals surface area contributed by atoms with E-state index in [0.717, 1.165) is 5.56 Å². The van der Waals surface area contributed by atoms with E-state index < -0.39 is 5.25 Å². The Morgan fingerprint density at radius 1 is 1.58 bits per heavy atom. The first-order chi connectivity index (χ1) is 9.24. The van der Waals surface area contributed by atoms with Crippen LogP contribution in [0.1, 0.15) is 16.7 Å². The molecule has 1 unspecified atom stereocenters. The molecule has 8 heteroatoms. The van der Waals surface area contributed by atoms with Gasteiger partial charge in [0.2, 0.25) is 5.89 Å². The molecule has 0 fully saturated rings. The quantitative estimate of drug-likeness (QED) is 0.599. The highest BCUT2D eigenvalue weighted by molar-refractivity contribution is 8.00. The third-order valence-electron chi connectivity index (χ3n) is 2.20. The molecule has 0 N–H and O–H groups in total. The van der Waals surface area contributed by atoms with Gasteiger partial charge < -0.3 is 9.15 Å². The summed E-state index contributed by atoms with van der Waals surface area (Å²) in [5.41, 5.74) is 0.881. The summed E-state index contributed by atoms with van der Waals surface area (Å²) in [5.74, 6) is 0.895. The summed E-state index contributed by atoms with van der Waals surface area (Å²) >= 11 is 4.34. The molecule has 1 atom stereocenters. The van der Waals surface area contributed by atoms with Crippen LogP contribution in [0.25, 0.3) is 0 Å². The summed E-state index contributed by atoms with van der Waals surface area (Å²) in [5, 5.41) is 11.6. The number of thioether (sulfide) groups is 2. The molecule has 0 saturated heterocycles. The SMILES string of the molecule is COC(=O)C(Sc1nnc(CSC)o1)c1ccsc1.